The Morgan fingerprint density at radius 1 is 1.60 bits per heavy atom. The van der Waals surface area contributed by atoms with Crippen LogP contribution < -0.4 is 0 Å². The molecule has 0 saturated heterocycles. The number of aliphatic hydroxyl groups is 1. The van der Waals surface area contributed by atoms with Gasteiger partial charge in [-0.3, -0.25) is 0 Å². The molecular formula is C12H14BrClO. The van der Waals surface area contributed by atoms with Crippen molar-refractivity contribution in [3.8, 4) is 0 Å². The summed E-state index contributed by atoms with van der Waals surface area (Å²) in [6.07, 6.45) is 3.06. The van der Waals surface area contributed by atoms with Crippen LogP contribution in [0.2, 0.25) is 5.02 Å². The highest BCUT2D eigenvalue weighted by atomic mass is 79.9. The number of hydrogen-bond donors (Lipinski definition) is 1. The third-order valence-corrected chi connectivity index (χ3v) is 4.03. The summed E-state index contributed by atoms with van der Waals surface area (Å²) < 4.78 is 0.952. The molecule has 1 aromatic rings. The van der Waals surface area contributed by atoms with E-state index in [4.69, 9.17) is 11.6 Å². The van der Waals surface area contributed by atoms with Gasteiger partial charge in [-0.2, -0.15) is 0 Å². The monoisotopic (exact) mass is 288 g/mol. The minimum absolute atomic E-state index is 0.400. The van der Waals surface area contributed by atoms with Crippen molar-refractivity contribution in [3.63, 3.8) is 0 Å². The van der Waals surface area contributed by atoms with Crippen LogP contribution in [-0.2, 0) is 5.60 Å². The third kappa shape index (κ3) is 2.08. The molecule has 2 unspecified atom stereocenters. The lowest BCUT2D eigenvalue weighted by molar-refractivity contribution is 0.128. The third-order valence-electron chi connectivity index (χ3n) is 3.10. The van der Waals surface area contributed by atoms with Gasteiger partial charge in [0.1, 0.15) is 0 Å². The van der Waals surface area contributed by atoms with Gasteiger partial charge in [-0.25, -0.2) is 0 Å². The fourth-order valence-electron chi connectivity index (χ4n) is 2.17. The summed E-state index contributed by atoms with van der Waals surface area (Å²) in [5, 5.41) is 11.1. The van der Waals surface area contributed by atoms with Gasteiger partial charge < -0.3 is 5.11 Å². The summed E-state index contributed by atoms with van der Waals surface area (Å²) in [6.45, 7) is 2.14. The molecule has 2 atom stereocenters. The second kappa shape index (κ2) is 4.08. The Morgan fingerprint density at radius 3 is 3.00 bits per heavy atom. The van der Waals surface area contributed by atoms with Crippen LogP contribution in [0, 0.1) is 5.92 Å². The molecule has 1 N–H and O–H groups in total. The Morgan fingerprint density at radius 2 is 2.33 bits per heavy atom. The minimum atomic E-state index is -0.639. The lowest BCUT2D eigenvalue weighted by atomic mass is 10.0. The van der Waals surface area contributed by atoms with E-state index in [0.717, 1.165) is 29.3 Å². The van der Waals surface area contributed by atoms with Gasteiger partial charge in [0.2, 0.25) is 0 Å². The highest BCUT2D eigenvalue weighted by Crippen LogP contribution is 2.56. The van der Waals surface area contributed by atoms with Gasteiger partial charge in [-0.05, 0) is 42.5 Å². The number of halogens is 2. The van der Waals surface area contributed by atoms with Crippen molar-refractivity contribution in [1.29, 1.82) is 0 Å². The Labute approximate surface area is 104 Å². The van der Waals surface area contributed by atoms with E-state index in [9.17, 15) is 5.11 Å². The van der Waals surface area contributed by atoms with E-state index in [1.165, 1.54) is 0 Å². The lowest BCUT2D eigenvalue weighted by Gasteiger charge is -2.13. The second-order valence-corrected chi connectivity index (χ2v) is 5.53. The van der Waals surface area contributed by atoms with E-state index in [1.807, 2.05) is 18.2 Å². The van der Waals surface area contributed by atoms with Crippen LogP contribution >= 0.6 is 27.5 Å². The zero-order valence-electron chi connectivity index (χ0n) is 8.63. The Hall–Kier alpha value is -0.0500. The van der Waals surface area contributed by atoms with Crippen molar-refractivity contribution >= 4 is 27.5 Å². The number of benzene rings is 1. The number of rotatable bonds is 3. The molecule has 1 saturated carbocycles. The molecule has 2 rings (SSSR count). The maximum absolute atomic E-state index is 10.4. The molecule has 82 valence electrons. The predicted molar refractivity (Wildman–Crippen MR) is 66.1 cm³/mol. The Kier molecular flexibility index (Phi) is 3.11. The fourth-order valence-corrected chi connectivity index (χ4v) is 2.93. The van der Waals surface area contributed by atoms with Crippen molar-refractivity contribution in [2.75, 3.05) is 0 Å². The van der Waals surface area contributed by atoms with Crippen molar-refractivity contribution in [2.45, 2.75) is 31.8 Å². The van der Waals surface area contributed by atoms with Gasteiger partial charge in [0.15, 0.2) is 0 Å². The first-order chi connectivity index (χ1) is 7.08. The number of hydrogen-bond acceptors (Lipinski definition) is 1. The molecule has 0 heterocycles. The van der Waals surface area contributed by atoms with Crippen LogP contribution in [0.25, 0.3) is 0 Å². The first kappa shape index (κ1) is 11.4. The van der Waals surface area contributed by atoms with Crippen LogP contribution in [0.4, 0.5) is 0 Å². The molecule has 1 aliphatic rings. The van der Waals surface area contributed by atoms with Gasteiger partial charge in [0, 0.05) is 9.50 Å². The molecular weight excluding hydrogens is 275 g/mol. The molecule has 3 heteroatoms. The maximum Gasteiger partial charge on any atom is 0.0940 e. The Balaban J connectivity index is 2.27. The van der Waals surface area contributed by atoms with E-state index < -0.39 is 5.60 Å². The summed E-state index contributed by atoms with van der Waals surface area (Å²) in [6, 6.07) is 5.59. The normalized spacial score (nSPS) is 29.2. The van der Waals surface area contributed by atoms with E-state index >= 15 is 0 Å². The van der Waals surface area contributed by atoms with Crippen molar-refractivity contribution < 1.29 is 5.11 Å². The minimum Gasteiger partial charge on any atom is -0.385 e. The lowest BCUT2D eigenvalue weighted by Crippen LogP contribution is -2.09. The SMILES string of the molecule is CCCC1CC1(O)c1cc(Cl)ccc1Br. The molecule has 0 radical (unpaired) electrons. The van der Waals surface area contributed by atoms with Gasteiger partial charge in [-0.1, -0.05) is 40.9 Å². The molecule has 0 aliphatic heterocycles. The van der Waals surface area contributed by atoms with Crippen LogP contribution in [0.15, 0.2) is 22.7 Å². The molecule has 0 spiro atoms. The van der Waals surface area contributed by atoms with Crippen LogP contribution in [0.3, 0.4) is 0 Å². The zero-order valence-corrected chi connectivity index (χ0v) is 11.0. The Bertz CT molecular complexity index is 380. The van der Waals surface area contributed by atoms with E-state index in [1.54, 1.807) is 0 Å². The standard InChI is InChI=1S/C12H14BrClO/c1-2-3-8-7-12(8,15)10-6-9(14)4-5-11(10)13/h4-6,8,15H,2-3,7H2,1H3. The molecule has 1 fully saturated rings. The largest absolute Gasteiger partial charge is 0.385 e. The van der Waals surface area contributed by atoms with E-state index in [-0.39, 0.29) is 0 Å². The van der Waals surface area contributed by atoms with Crippen molar-refractivity contribution in [1.82, 2.24) is 0 Å². The molecule has 0 amide bonds. The highest BCUT2D eigenvalue weighted by molar-refractivity contribution is 9.10. The van der Waals surface area contributed by atoms with Gasteiger partial charge in [0.25, 0.3) is 0 Å². The van der Waals surface area contributed by atoms with Crippen LogP contribution in [0.5, 0.6) is 0 Å². The zero-order chi connectivity index (χ0) is 11.1. The molecule has 15 heavy (non-hydrogen) atoms. The van der Waals surface area contributed by atoms with Gasteiger partial charge in [0.05, 0.1) is 5.60 Å². The molecule has 0 bridgehead atoms. The average molecular weight is 290 g/mol. The predicted octanol–water partition coefficient (Wildman–Crippen LogP) is 4.11. The fraction of sp³-hybridized carbons (Fsp3) is 0.500. The first-order valence-electron chi connectivity index (χ1n) is 5.26. The van der Waals surface area contributed by atoms with Gasteiger partial charge >= 0.3 is 0 Å². The van der Waals surface area contributed by atoms with Crippen LogP contribution in [0.1, 0.15) is 31.7 Å². The summed E-state index contributed by atoms with van der Waals surface area (Å²) in [7, 11) is 0. The smallest absolute Gasteiger partial charge is 0.0940 e. The highest BCUT2D eigenvalue weighted by Gasteiger charge is 2.54. The first-order valence-corrected chi connectivity index (χ1v) is 6.43. The molecule has 0 aromatic heterocycles. The topological polar surface area (TPSA) is 20.2 Å². The van der Waals surface area contributed by atoms with Crippen molar-refractivity contribution in [3.05, 3.63) is 33.3 Å². The summed E-state index contributed by atoms with van der Waals surface area (Å²) in [5.74, 6) is 0.400. The molecule has 1 aromatic carbocycles. The van der Waals surface area contributed by atoms with Crippen molar-refractivity contribution in [2.24, 2.45) is 5.92 Å². The quantitative estimate of drug-likeness (QED) is 0.888. The second-order valence-electron chi connectivity index (χ2n) is 4.24. The maximum atomic E-state index is 10.4. The van der Waals surface area contributed by atoms with Gasteiger partial charge in [-0.15, -0.1) is 0 Å². The summed E-state index contributed by atoms with van der Waals surface area (Å²) in [5.41, 5.74) is 0.299. The molecule has 1 aliphatic carbocycles. The van der Waals surface area contributed by atoms with E-state index in [2.05, 4.69) is 22.9 Å². The summed E-state index contributed by atoms with van der Waals surface area (Å²) >= 11 is 9.41. The molecule has 1 nitrogen and oxygen atoms in total. The van der Waals surface area contributed by atoms with E-state index in [0.29, 0.717) is 10.9 Å². The summed E-state index contributed by atoms with van der Waals surface area (Å²) in [4.78, 5) is 0. The van der Waals surface area contributed by atoms with Crippen LogP contribution in [-0.4, -0.2) is 5.11 Å². The average Bonchev–Trinajstić information content (AvgIpc) is 2.83.